The molecule has 1 saturated heterocycles. The van der Waals surface area contributed by atoms with E-state index >= 15 is 0 Å². The number of ether oxygens (including phenoxy) is 3. The molecule has 0 spiro atoms. The molecule has 8 heteroatoms. The van der Waals surface area contributed by atoms with E-state index in [1.165, 1.54) is 19.2 Å². The second-order valence-corrected chi connectivity index (χ2v) is 3.53. The van der Waals surface area contributed by atoms with Crippen molar-refractivity contribution in [1.29, 1.82) is 0 Å². The number of nitrogens with one attached hydrogen (secondary N) is 1. The van der Waals surface area contributed by atoms with Crippen molar-refractivity contribution in [2.45, 2.75) is 6.29 Å². The lowest BCUT2D eigenvalue weighted by Crippen LogP contribution is -2.21. The fourth-order valence-electron chi connectivity index (χ4n) is 1.53. The first-order chi connectivity index (χ1) is 8.70. The van der Waals surface area contributed by atoms with Crippen molar-refractivity contribution in [1.82, 2.24) is 4.98 Å². The van der Waals surface area contributed by atoms with Crippen LogP contribution in [0.2, 0.25) is 0 Å². The first kappa shape index (κ1) is 12.5. The molecule has 1 fully saturated rings. The van der Waals surface area contributed by atoms with Gasteiger partial charge in [0.2, 0.25) is 11.7 Å². The molecule has 0 bridgehead atoms. The van der Waals surface area contributed by atoms with Gasteiger partial charge in [-0.2, -0.15) is 4.98 Å². The Morgan fingerprint density at radius 1 is 1.56 bits per heavy atom. The van der Waals surface area contributed by atoms with Crippen molar-refractivity contribution in [3.8, 4) is 5.88 Å². The highest BCUT2D eigenvalue weighted by atomic mass is 16.7. The number of aromatic nitrogens is 1. The lowest BCUT2D eigenvalue weighted by atomic mass is 10.4. The van der Waals surface area contributed by atoms with Gasteiger partial charge < -0.3 is 19.5 Å². The Bertz CT molecular complexity index is 434. The molecule has 0 aliphatic carbocycles. The second kappa shape index (κ2) is 5.61. The summed E-state index contributed by atoms with van der Waals surface area (Å²) in [7, 11) is 1.45. The minimum Gasteiger partial charge on any atom is -0.481 e. The number of methoxy groups -OCH3 is 1. The normalized spacial score (nSPS) is 15.6. The summed E-state index contributed by atoms with van der Waals surface area (Å²) in [5.74, 6) is 0.440. The molecule has 1 aromatic heterocycles. The third-order valence-corrected chi connectivity index (χ3v) is 2.38. The van der Waals surface area contributed by atoms with Crippen LogP contribution >= 0.6 is 0 Å². The summed E-state index contributed by atoms with van der Waals surface area (Å²) in [5.41, 5.74) is -0.117. The maximum atomic E-state index is 10.8. The Balaban J connectivity index is 2.10. The highest BCUT2D eigenvalue weighted by Crippen LogP contribution is 2.25. The van der Waals surface area contributed by atoms with E-state index in [1.54, 1.807) is 0 Å². The van der Waals surface area contributed by atoms with Gasteiger partial charge in [-0.3, -0.25) is 10.1 Å². The van der Waals surface area contributed by atoms with Gasteiger partial charge in [-0.15, -0.1) is 0 Å². The molecule has 1 aliphatic heterocycles. The van der Waals surface area contributed by atoms with Crippen LogP contribution in [0, 0.1) is 10.1 Å². The Labute approximate surface area is 103 Å². The zero-order valence-corrected chi connectivity index (χ0v) is 9.79. The number of hydrogen-bond acceptors (Lipinski definition) is 7. The molecular weight excluding hydrogens is 242 g/mol. The van der Waals surface area contributed by atoms with Crippen LogP contribution in [0.3, 0.4) is 0 Å². The molecule has 0 aromatic carbocycles. The van der Waals surface area contributed by atoms with Gasteiger partial charge in [0.05, 0.1) is 31.8 Å². The zero-order valence-electron chi connectivity index (χ0n) is 9.79. The number of hydrogen-bond donors (Lipinski definition) is 1. The van der Waals surface area contributed by atoms with Crippen LogP contribution < -0.4 is 10.1 Å². The fraction of sp³-hybridized carbons (Fsp3) is 0.500. The van der Waals surface area contributed by atoms with Gasteiger partial charge in [0.1, 0.15) is 0 Å². The summed E-state index contributed by atoms with van der Waals surface area (Å²) < 4.78 is 15.4. The summed E-state index contributed by atoms with van der Waals surface area (Å²) in [4.78, 5) is 14.3. The van der Waals surface area contributed by atoms with Crippen molar-refractivity contribution >= 4 is 11.5 Å². The predicted octanol–water partition coefficient (Wildman–Crippen LogP) is 0.783. The van der Waals surface area contributed by atoms with Crippen molar-refractivity contribution in [3.05, 3.63) is 22.2 Å². The summed E-state index contributed by atoms with van der Waals surface area (Å²) in [6.07, 6.45) is -0.405. The smallest absolute Gasteiger partial charge is 0.311 e. The minimum absolute atomic E-state index is 0.117. The molecule has 18 heavy (non-hydrogen) atoms. The van der Waals surface area contributed by atoms with Crippen LogP contribution in [-0.2, 0) is 9.47 Å². The maximum Gasteiger partial charge on any atom is 0.311 e. The quantitative estimate of drug-likeness (QED) is 0.613. The number of nitro groups is 1. The highest BCUT2D eigenvalue weighted by molar-refractivity contribution is 5.57. The van der Waals surface area contributed by atoms with Crippen molar-refractivity contribution < 1.29 is 19.1 Å². The summed E-state index contributed by atoms with van der Waals surface area (Å²) in [5, 5.41) is 13.7. The first-order valence-electron chi connectivity index (χ1n) is 5.37. The molecule has 1 N–H and O–H groups in total. The monoisotopic (exact) mass is 255 g/mol. The molecule has 8 nitrogen and oxygen atoms in total. The Kier molecular flexibility index (Phi) is 3.90. The average Bonchev–Trinajstić information content (AvgIpc) is 2.88. The van der Waals surface area contributed by atoms with Crippen LogP contribution in [0.25, 0.3) is 0 Å². The van der Waals surface area contributed by atoms with Gasteiger partial charge in [-0.25, -0.2) is 0 Å². The SMILES string of the molecule is COc1ccc([N+](=O)[O-])c(NCC2OCCO2)n1. The van der Waals surface area contributed by atoms with Gasteiger partial charge in [0.25, 0.3) is 0 Å². The van der Waals surface area contributed by atoms with Gasteiger partial charge in [0, 0.05) is 12.1 Å². The largest absolute Gasteiger partial charge is 0.481 e. The molecule has 1 aliphatic rings. The van der Waals surface area contributed by atoms with E-state index in [4.69, 9.17) is 14.2 Å². The van der Waals surface area contributed by atoms with Crippen LogP contribution in [0.5, 0.6) is 5.88 Å². The minimum atomic E-state index is -0.509. The Morgan fingerprint density at radius 3 is 2.89 bits per heavy atom. The lowest BCUT2D eigenvalue weighted by Gasteiger charge is -2.11. The van der Waals surface area contributed by atoms with Crippen molar-refractivity contribution in [2.75, 3.05) is 32.2 Å². The molecule has 0 unspecified atom stereocenters. The van der Waals surface area contributed by atoms with Crippen LogP contribution in [0.4, 0.5) is 11.5 Å². The van der Waals surface area contributed by atoms with E-state index < -0.39 is 11.2 Å². The molecule has 2 rings (SSSR count). The third-order valence-electron chi connectivity index (χ3n) is 2.38. The van der Waals surface area contributed by atoms with Gasteiger partial charge in [0.15, 0.2) is 6.29 Å². The molecule has 0 atom stereocenters. The standard InChI is InChI=1S/C10H13N3O5/c1-16-8-3-2-7(13(14)15)10(12-8)11-6-9-17-4-5-18-9/h2-3,9H,4-6H2,1H3,(H,11,12). The third kappa shape index (κ3) is 2.84. The van der Waals surface area contributed by atoms with Gasteiger partial charge in [-0.1, -0.05) is 0 Å². The molecule has 0 radical (unpaired) electrons. The highest BCUT2D eigenvalue weighted by Gasteiger charge is 2.20. The van der Waals surface area contributed by atoms with E-state index in [0.717, 1.165) is 0 Å². The van der Waals surface area contributed by atoms with E-state index in [9.17, 15) is 10.1 Å². The number of rotatable bonds is 5. The molecule has 0 saturated carbocycles. The molecular formula is C10H13N3O5. The van der Waals surface area contributed by atoms with Crippen molar-refractivity contribution in [2.24, 2.45) is 0 Å². The van der Waals surface area contributed by atoms with Crippen LogP contribution in [0.1, 0.15) is 0 Å². The zero-order chi connectivity index (χ0) is 13.0. The molecule has 2 heterocycles. The predicted molar refractivity (Wildman–Crippen MR) is 61.6 cm³/mol. The van der Waals surface area contributed by atoms with E-state index in [0.29, 0.717) is 25.6 Å². The molecule has 98 valence electrons. The fourth-order valence-corrected chi connectivity index (χ4v) is 1.53. The molecule has 1 aromatic rings. The number of nitrogens with zero attached hydrogens (tertiary/aromatic N) is 2. The number of anilines is 1. The van der Waals surface area contributed by atoms with Crippen LogP contribution in [0.15, 0.2) is 12.1 Å². The van der Waals surface area contributed by atoms with Gasteiger partial charge in [-0.05, 0) is 0 Å². The summed E-state index contributed by atoms with van der Waals surface area (Å²) >= 11 is 0. The number of pyridine rings is 1. The Hall–Kier alpha value is -1.93. The summed E-state index contributed by atoms with van der Waals surface area (Å²) in [6.45, 7) is 1.35. The average molecular weight is 255 g/mol. The van der Waals surface area contributed by atoms with E-state index in [1.807, 2.05) is 0 Å². The summed E-state index contributed by atoms with van der Waals surface area (Å²) in [6, 6.07) is 2.77. The van der Waals surface area contributed by atoms with Crippen LogP contribution in [-0.4, -0.2) is 43.1 Å². The Morgan fingerprint density at radius 2 is 2.28 bits per heavy atom. The first-order valence-corrected chi connectivity index (χ1v) is 5.37. The maximum absolute atomic E-state index is 10.8. The topological polar surface area (TPSA) is 95.8 Å². The van der Waals surface area contributed by atoms with E-state index in [-0.39, 0.29) is 11.5 Å². The van der Waals surface area contributed by atoms with Crippen molar-refractivity contribution in [3.63, 3.8) is 0 Å². The molecule has 0 amide bonds. The van der Waals surface area contributed by atoms with Gasteiger partial charge >= 0.3 is 5.69 Å². The van der Waals surface area contributed by atoms with E-state index in [2.05, 4.69) is 10.3 Å². The second-order valence-electron chi connectivity index (χ2n) is 3.53. The lowest BCUT2D eigenvalue weighted by molar-refractivity contribution is -0.384.